The van der Waals surface area contributed by atoms with Crippen LogP contribution in [0.4, 0.5) is 4.79 Å². The lowest BCUT2D eigenvalue weighted by Gasteiger charge is -2.26. The fraction of sp³-hybridized carbons (Fsp3) is 0.481. The van der Waals surface area contributed by atoms with Crippen molar-refractivity contribution in [2.75, 3.05) is 33.4 Å². The summed E-state index contributed by atoms with van der Waals surface area (Å²) in [5.41, 5.74) is 0.767. The highest BCUT2D eigenvalue weighted by Gasteiger charge is 2.31. The average Bonchev–Trinajstić information content (AvgIpc) is 3.53. The van der Waals surface area contributed by atoms with Crippen LogP contribution in [0.3, 0.4) is 0 Å². The maximum absolute atomic E-state index is 13.2. The molecule has 14 heteroatoms. The second-order valence-corrected chi connectivity index (χ2v) is 10.1. The van der Waals surface area contributed by atoms with E-state index < -0.39 is 35.8 Å². The molecular formula is C27H35N7O7. The molecule has 6 amide bonds. The molecule has 2 aromatic rings. The molecule has 2 aliphatic rings. The normalized spacial score (nSPS) is 20.2. The first-order chi connectivity index (χ1) is 19.7. The van der Waals surface area contributed by atoms with Gasteiger partial charge in [0.1, 0.15) is 24.5 Å². The number of carbonyl (C=O) groups is 5. The summed E-state index contributed by atoms with van der Waals surface area (Å²) in [5, 5.41) is 10.2. The predicted molar refractivity (Wildman–Crippen MR) is 146 cm³/mol. The summed E-state index contributed by atoms with van der Waals surface area (Å²) in [6, 6.07) is 3.13. The molecule has 3 heterocycles. The number of imide groups is 1. The standard InChI is InChI=1S/C27H35N7O7/c1-16(2)23-26(38)29-9-11-33-10-8-28-24(33)17-4-6-19(40-3)20(14-17)41-13-12-34(15-21(35)31-23)22(36)7-5-18-25(37)32-27(39)30-18/h4,6,8,10,14,16,18,23H,5,7,9,11-13,15H2,1-3H3,(H,29,38)(H,31,35)(H2,30,32,37,39)/t18-,23+/m0/s1. The fourth-order valence-electron chi connectivity index (χ4n) is 4.66. The third-order valence-electron chi connectivity index (χ3n) is 6.87. The minimum Gasteiger partial charge on any atom is -0.493 e. The Morgan fingerprint density at radius 1 is 1.15 bits per heavy atom. The average molecular weight is 570 g/mol. The maximum atomic E-state index is 13.2. The van der Waals surface area contributed by atoms with Crippen molar-refractivity contribution in [1.82, 2.24) is 35.7 Å². The summed E-state index contributed by atoms with van der Waals surface area (Å²) < 4.78 is 13.4. The van der Waals surface area contributed by atoms with Gasteiger partial charge in [-0.2, -0.15) is 0 Å². The third kappa shape index (κ3) is 7.32. The molecule has 2 bridgehead atoms. The van der Waals surface area contributed by atoms with Crippen LogP contribution in [-0.2, 0) is 25.7 Å². The van der Waals surface area contributed by atoms with Crippen molar-refractivity contribution >= 4 is 29.7 Å². The number of imidazole rings is 1. The number of fused-ring (bicyclic) bond motifs is 4. The molecular weight excluding hydrogens is 534 g/mol. The molecule has 1 fully saturated rings. The summed E-state index contributed by atoms with van der Waals surface area (Å²) in [7, 11) is 1.52. The van der Waals surface area contributed by atoms with Gasteiger partial charge < -0.3 is 34.9 Å². The van der Waals surface area contributed by atoms with E-state index in [1.807, 2.05) is 30.7 Å². The van der Waals surface area contributed by atoms with Gasteiger partial charge in [0.05, 0.1) is 20.2 Å². The number of hydrogen-bond donors (Lipinski definition) is 4. The Balaban J connectivity index is 1.57. The van der Waals surface area contributed by atoms with Gasteiger partial charge in [-0.25, -0.2) is 9.78 Å². The number of urea groups is 1. The molecule has 0 radical (unpaired) electrons. The van der Waals surface area contributed by atoms with Crippen LogP contribution in [0.2, 0.25) is 0 Å². The lowest BCUT2D eigenvalue weighted by Crippen LogP contribution is -2.53. The highest BCUT2D eigenvalue weighted by Crippen LogP contribution is 2.32. The van der Waals surface area contributed by atoms with Gasteiger partial charge in [-0.15, -0.1) is 0 Å². The van der Waals surface area contributed by atoms with E-state index in [1.165, 1.54) is 12.0 Å². The van der Waals surface area contributed by atoms with E-state index in [0.717, 1.165) is 5.56 Å². The highest BCUT2D eigenvalue weighted by molar-refractivity contribution is 6.04. The number of benzene rings is 1. The zero-order valence-corrected chi connectivity index (χ0v) is 23.3. The minimum absolute atomic E-state index is 0.0298. The molecule has 0 unspecified atom stereocenters. The Bertz CT molecular complexity index is 1310. The van der Waals surface area contributed by atoms with E-state index in [1.54, 1.807) is 18.3 Å². The lowest BCUT2D eigenvalue weighted by molar-refractivity contribution is -0.137. The molecule has 4 N–H and O–H groups in total. The number of aromatic nitrogens is 2. The highest BCUT2D eigenvalue weighted by atomic mass is 16.5. The maximum Gasteiger partial charge on any atom is 0.322 e. The molecule has 14 nitrogen and oxygen atoms in total. The van der Waals surface area contributed by atoms with Crippen LogP contribution in [0.5, 0.6) is 11.5 Å². The summed E-state index contributed by atoms with van der Waals surface area (Å²) in [5.74, 6) is -0.403. The smallest absolute Gasteiger partial charge is 0.322 e. The first kappa shape index (κ1) is 29.4. The number of nitrogens with one attached hydrogen (secondary N) is 4. The largest absolute Gasteiger partial charge is 0.493 e. The molecule has 4 rings (SSSR count). The number of methoxy groups -OCH3 is 1. The SMILES string of the molecule is COc1ccc2cc1OCCN(C(=O)CC[C@@H]1NC(=O)NC1=O)CC(=O)N[C@H](C(C)C)C(=O)NCCn1ccnc1-2. The van der Waals surface area contributed by atoms with E-state index in [9.17, 15) is 24.0 Å². The minimum atomic E-state index is -0.832. The molecule has 41 heavy (non-hydrogen) atoms. The van der Waals surface area contributed by atoms with Crippen molar-refractivity contribution in [3.63, 3.8) is 0 Å². The summed E-state index contributed by atoms with van der Waals surface area (Å²) in [6.45, 7) is 4.13. The second kappa shape index (κ2) is 13.2. The first-order valence-corrected chi connectivity index (χ1v) is 13.4. The number of amides is 6. The zero-order chi connectivity index (χ0) is 29.5. The van der Waals surface area contributed by atoms with Crippen LogP contribution in [0.15, 0.2) is 30.6 Å². The van der Waals surface area contributed by atoms with Crippen molar-refractivity contribution < 1.29 is 33.4 Å². The number of carbonyl (C=O) groups excluding carboxylic acids is 5. The number of rotatable bonds is 5. The van der Waals surface area contributed by atoms with Crippen molar-refractivity contribution in [2.45, 2.75) is 45.3 Å². The van der Waals surface area contributed by atoms with E-state index in [4.69, 9.17) is 9.47 Å². The second-order valence-electron chi connectivity index (χ2n) is 10.1. The summed E-state index contributed by atoms with van der Waals surface area (Å²) in [4.78, 5) is 68.3. The van der Waals surface area contributed by atoms with Crippen LogP contribution in [0.1, 0.15) is 26.7 Å². The molecule has 1 aromatic heterocycles. The molecule has 0 aliphatic carbocycles. The Hall–Kier alpha value is -4.62. The van der Waals surface area contributed by atoms with Gasteiger partial charge in [0.15, 0.2) is 11.5 Å². The van der Waals surface area contributed by atoms with Crippen LogP contribution in [-0.4, -0.2) is 89.5 Å². The summed E-state index contributed by atoms with van der Waals surface area (Å²) in [6.07, 6.45) is 3.45. The first-order valence-electron chi connectivity index (χ1n) is 13.4. The van der Waals surface area contributed by atoms with Gasteiger partial charge >= 0.3 is 6.03 Å². The number of ether oxygens (including phenoxy) is 2. The zero-order valence-electron chi connectivity index (χ0n) is 23.3. The predicted octanol–water partition coefficient (Wildman–Crippen LogP) is 0.0249. The van der Waals surface area contributed by atoms with Gasteiger partial charge in [-0.3, -0.25) is 24.5 Å². The topological polar surface area (TPSA) is 173 Å². The molecule has 0 spiro atoms. The van der Waals surface area contributed by atoms with E-state index in [-0.39, 0.29) is 44.4 Å². The number of hydrogen-bond acceptors (Lipinski definition) is 8. The molecule has 2 atom stereocenters. The van der Waals surface area contributed by atoms with Crippen molar-refractivity contribution in [3.8, 4) is 22.9 Å². The fourth-order valence-corrected chi connectivity index (χ4v) is 4.66. The van der Waals surface area contributed by atoms with Gasteiger partial charge in [-0.05, 0) is 30.5 Å². The Kier molecular flexibility index (Phi) is 9.42. The molecule has 1 saturated heterocycles. The Morgan fingerprint density at radius 2 is 1.95 bits per heavy atom. The van der Waals surface area contributed by atoms with Gasteiger partial charge in [-0.1, -0.05) is 13.8 Å². The van der Waals surface area contributed by atoms with Gasteiger partial charge in [0, 0.05) is 37.5 Å². The molecule has 0 saturated carbocycles. The molecule has 2 aliphatic heterocycles. The van der Waals surface area contributed by atoms with Gasteiger partial charge in [0.2, 0.25) is 17.7 Å². The summed E-state index contributed by atoms with van der Waals surface area (Å²) >= 11 is 0. The van der Waals surface area contributed by atoms with Crippen LogP contribution >= 0.6 is 0 Å². The molecule has 220 valence electrons. The van der Waals surface area contributed by atoms with Crippen molar-refractivity contribution in [3.05, 3.63) is 30.6 Å². The van der Waals surface area contributed by atoms with Gasteiger partial charge in [0.25, 0.3) is 5.91 Å². The quantitative estimate of drug-likeness (QED) is 0.365. The van der Waals surface area contributed by atoms with Crippen molar-refractivity contribution in [1.29, 1.82) is 0 Å². The lowest BCUT2D eigenvalue weighted by atomic mass is 10.0. The monoisotopic (exact) mass is 569 g/mol. The van der Waals surface area contributed by atoms with Crippen LogP contribution in [0.25, 0.3) is 11.4 Å². The Morgan fingerprint density at radius 3 is 2.66 bits per heavy atom. The van der Waals surface area contributed by atoms with Crippen LogP contribution < -0.4 is 30.7 Å². The van der Waals surface area contributed by atoms with E-state index in [0.29, 0.717) is 30.4 Å². The Labute approximate surface area is 237 Å². The third-order valence-corrected chi connectivity index (χ3v) is 6.87. The van der Waals surface area contributed by atoms with Crippen molar-refractivity contribution in [2.24, 2.45) is 5.92 Å². The molecule has 1 aromatic carbocycles. The van der Waals surface area contributed by atoms with E-state index >= 15 is 0 Å². The number of nitrogens with zero attached hydrogens (tertiary/aromatic N) is 3. The van der Waals surface area contributed by atoms with Crippen LogP contribution in [0, 0.1) is 5.92 Å². The van der Waals surface area contributed by atoms with E-state index in [2.05, 4.69) is 26.3 Å².